The Kier molecular flexibility index (Phi) is 4.86. The molecule has 0 aliphatic carbocycles. The Bertz CT molecular complexity index is 958. The number of hydrogen-bond donors (Lipinski definition) is 1. The molecule has 1 aliphatic rings. The average Bonchev–Trinajstić information content (AvgIpc) is 2.99. The van der Waals surface area contributed by atoms with Crippen molar-refractivity contribution in [2.24, 2.45) is 0 Å². The van der Waals surface area contributed by atoms with Crippen molar-refractivity contribution in [2.45, 2.75) is 49.8 Å². The van der Waals surface area contributed by atoms with Crippen LogP contribution in [-0.4, -0.2) is 15.6 Å². The molecule has 3 aromatic rings. The van der Waals surface area contributed by atoms with Gasteiger partial charge in [0.05, 0.1) is 17.6 Å². The maximum absolute atomic E-state index is 6.33. The Hall–Kier alpha value is -1.34. The van der Waals surface area contributed by atoms with Gasteiger partial charge in [-0.1, -0.05) is 42.4 Å². The summed E-state index contributed by atoms with van der Waals surface area (Å²) in [6.07, 6.45) is 1.84. The highest BCUT2D eigenvalue weighted by molar-refractivity contribution is 7.98. The zero-order chi connectivity index (χ0) is 18.3. The van der Waals surface area contributed by atoms with E-state index in [2.05, 4.69) is 18.8 Å². The lowest BCUT2D eigenvalue weighted by Crippen LogP contribution is -2.33. The van der Waals surface area contributed by atoms with Gasteiger partial charge in [0, 0.05) is 22.1 Å². The van der Waals surface area contributed by atoms with Gasteiger partial charge in [-0.25, -0.2) is 9.97 Å². The molecule has 1 aliphatic heterocycles. The van der Waals surface area contributed by atoms with Gasteiger partial charge in [-0.2, -0.15) is 0 Å². The number of ether oxygens (including phenoxy) is 1. The van der Waals surface area contributed by atoms with Crippen LogP contribution in [0.5, 0.6) is 0 Å². The second-order valence-corrected chi connectivity index (χ2v) is 9.22. The van der Waals surface area contributed by atoms with Gasteiger partial charge in [0.25, 0.3) is 0 Å². The van der Waals surface area contributed by atoms with E-state index in [0.717, 1.165) is 33.8 Å². The lowest BCUT2D eigenvalue weighted by molar-refractivity contribution is -0.0542. The van der Waals surface area contributed by atoms with E-state index in [9.17, 15) is 0 Å². The Morgan fingerprint density at radius 1 is 1.31 bits per heavy atom. The predicted octanol–water partition coefficient (Wildman–Crippen LogP) is 5.46. The Morgan fingerprint density at radius 3 is 2.81 bits per heavy atom. The third-order valence-corrected chi connectivity index (χ3v) is 7.14. The molecule has 1 atom stereocenters. The summed E-state index contributed by atoms with van der Waals surface area (Å²) in [5.74, 6) is 1.36. The van der Waals surface area contributed by atoms with Crippen LogP contribution >= 0.6 is 34.7 Å². The number of nitrogen functional groups attached to an aromatic ring is 1. The molecule has 2 N–H and O–H groups in total. The number of rotatable bonds is 4. The van der Waals surface area contributed by atoms with Crippen LogP contribution in [0.2, 0.25) is 5.02 Å². The molecule has 4 rings (SSSR count). The fraction of sp³-hybridized carbons (Fsp3) is 0.368. The number of thiophene rings is 1. The maximum atomic E-state index is 6.33. The predicted molar refractivity (Wildman–Crippen MR) is 110 cm³/mol. The molecule has 4 nitrogen and oxygen atoms in total. The number of halogens is 1. The normalized spacial score (nSPS) is 19.7. The van der Waals surface area contributed by atoms with Crippen LogP contribution in [0, 0.1) is 0 Å². The first-order valence-corrected chi connectivity index (χ1v) is 10.7. The van der Waals surface area contributed by atoms with Crippen molar-refractivity contribution < 1.29 is 4.74 Å². The maximum Gasteiger partial charge on any atom is 0.191 e. The van der Waals surface area contributed by atoms with Crippen molar-refractivity contribution in [1.29, 1.82) is 0 Å². The van der Waals surface area contributed by atoms with Crippen LogP contribution in [0.1, 0.15) is 36.3 Å². The minimum absolute atomic E-state index is 0.130. The third-order valence-electron chi connectivity index (χ3n) is 4.87. The molecule has 0 bridgehead atoms. The first-order chi connectivity index (χ1) is 12.5. The number of aromatic nitrogens is 2. The van der Waals surface area contributed by atoms with Gasteiger partial charge in [-0.05, 0) is 36.6 Å². The van der Waals surface area contributed by atoms with E-state index in [4.69, 9.17) is 27.1 Å². The smallest absolute Gasteiger partial charge is 0.191 e. The van der Waals surface area contributed by atoms with Gasteiger partial charge < -0.3 is 10.5 Å². The number of fused-ring (bicyclic) bond motifs is 3. The summed E-state index contributed by atoms with van der Waals surface area (Å²) in [5, 5.41) is 2.47. The van der Waals surface area contributed by atoms with Crippen LogP contribution in [0.25, 0.3) is 10.2 Å². The molecule has 0 amide bonds. The molecule has 0 spiro atoms. The molecule has 0 unspecified atom stereocenters. The van der Waals surface area contributed by atoms with Gasteiger partial charge in [-0.3, -0.25) is 0 Å². The number of hydrogen-bond acceptors (Lipinski definition) is 6. The monoisotopic (exact) mass is 405 g/mol. The van der Waals surface area contributed by atoms with E-state index in [1.54, 1.807) is 23.1 Å². The molecule has 0 radical (unpaired) electrons. The summed E-state index contributed by atoms with van der Waals surface area (Å²) in [7, 11) is 0. The minimum atomic E-state index is -0.130. The molecule has 7 heteroatoms. The summed E-state index contributed by atoms with van der Waals surface area (Å²) in [5.41, 5.74) is 8.65. The highest BCUT2D eigenvalue weighted by atomic mass is 35.5. The zero-order valence-corrected chi connectivity index (χ0v) is 17.1. The molecule has 2 aromatic heterocycles. The summed E-state index contributed by atoms with van der Waals surface area (Å²) in [6.45, 7) is 4.95. The molecular formula is C19H20ClN3OS2. The first kappa shape index (κ1) is 18.0. The summed E-state index contributed by atoms with van der Waals surface area (Å²) in [4.78, 5) is 11.5. The molecule has 136 valence electrons. The fourth-order valence-electron chi connectivity index (χ4n) is 3.10. The standard InChI is InChI=1S/C19H20ClN3OS2/c1-3-19(2)8-13-14(9-24-19)26-17-15(13)16(21)22-18(23-17)25-10-11-4-6-12(20)7-5-11/h4-7H,3,8-10H2,1-2H3,(H2,21,22,23)/t19-/m0/s1. The number of benzene rings is 1. The van der Waals surface area contributed by atoms with Gasteiger partial charge in [0.15, 0.2) is 5.16 Å². The van der Waals surface area contributed by atoms with E-state index in [1.807, 2.05) is 24.3 Å². The molecular weight excluding hydrogens is 386 g/mol. The largest absolute Gasteiger partial charge is 0.383 e. The SMILES string of the molecule is CC[C@@]1(C)Cc2c(sc3nc(SCc4ccc(Cl)cc4)nc(N)c23)CO1. The van der Waals surface area contributed by atoms with Crippen molar-refractivity contribution in [3.8, 4) is 0 Å². The highest BCUT2D eigenvalue weighted by Crippen LogP contribution is 2.41. The Morgan fingerprint density at radius 2 is 2.08 bits per heavy atom. The zero-order valence-electron chi connectivity index (χ0n) is 14.7. The average molecular weight is 406 g/mol. The van der Waals surface area contributed by atoms with Gasteiger partial charge in [-0.15, -0.1) is 11.3 Å². The Balaban J connectivity index is 1.62. The van der Waals surface area contributed by atoms with Crippen LogP contribution in [0.3, 0.4) is 0 Å². The van der Waals surface area contributed by atoms with Crippen molar-refractivity contribution in [2.75, 3.05) is 5.73 Å². The van der Waals surface area contributed by atoms with Gasteiger partial charge in [0.1, 0.15) is 10.6 Å². The Labute approximate surface area is 166 Å². The highest BCUT2D eigenvalue weighted by Gasteiger charge is 2.32. The number of thioether (sulfide) groups is 1. The molecule has 0 saturated heterocycles. The molecule has 1 aromatic carbocycles. The number of nitrogens with zero attached hydrogens (tertiary/aromatic N) is 2. The van der Waals surface area contributed by atoms with E-state index in [0.29, 0.717) is 17.6 Å². The molecule has 0 saturated carbocycles. The van der Waals surface area contributed by atoms with Gasteiger partial charge in [0.2, 0.25) is 0 Å². The van der Waals surface area contributed by atoms with Crippen LogP contribution in [0.15, 0.2) is 29.4 Å². The van der Waals surface area contributed by atoms with Crippen molar-refractivity contribution in [3.63, 3.8) is 0 Å². The molecule has 26 heavy (non-hydrogen) atoms. The van der Waals surface area contributed by atoms with Crippen LogP contribution in [0.4, 0.5) is 5.82 Å². The second-order valence-electron chi connectivity index (χ2n) is 6.76. The quantitative estimate of drug-likeness (QED) is 0.461. The van der Waals surface area contributed by atoms with Crippen molar-refractivity contribution in [3.05, 3.63) is 45.3 Å². The van der Waals surface area contributed by atoms with Gasteiger partial charge >= 0.3 is 0 Å². The fourth-order valence-corrected chi connectivity index (χ4v) is 5.20. The number of anilines is 1. The van der Waals surface area contributed by atoms with Crippen LogP contribution in [-0.2, 0) is 23.5 Å². The van der Waals surface area contributed by atoms with E-state index in [-0.39, 0.29) is 5.60 Å². The van der Waals surface area contributed by atoms with E-state index >= 15 is 0 Å². The topological polar surface area (TPSA) is 61.0 Å². The third kappa shape index (κ3) is 3.43. The molecule has 3 heterocycles. The van der Waals surface area contributed by atoms with E-state index in [1.165, 1.54) is 16.0 Å². The summed E-state index contributed by atoms with van der Waals surface area (Å²) < 4.78 is 6.06. The number of nitrogens with two attached hydrogens (primary N) is 1. The van der Waals surface area contributed by atoms with Crippen LogP contribution < -0.4 is 5.73 Å². The second kappa shape index (κ2) is 7.00. The molecule has 0 fully saturated rings. The lowest BCUT2D eigenvalue weighted by Gasteiger charge is -2.33. The lowest BCUT2D eigenvalue weighted by atomic mass is 9.90. The van der Waals surface area contributed by atoms with E-state index < -0.39 is 0 Å². The minimum Gasteiger partial charge on any atom is -0.383 e. The summed E-state index contributed by atoms with van der Waals surface area (Å²) >= 11 is 9.20. The first-order valence-electron chi connectivity index (χ1n) is 8.56. The van der Waals surface area contributed by atoms with Crippen molar-refractivity contribution in [1.82, 2.24) is 9.97 Å². The summed E-state index contributed by atoms with van der Waals surface area (Å²) in [6, 6.07) is 7.83. The van der Waals surface area contributed by atoms with Crippen molar-refractivity contribution >= 4 is 50.7 Å².